The van der Waals surface area contributed by atoms with Gasteiger partial charge in [-0.05, 0) is 31.4 Å². The summed E-state index contributed by atoms with van der Waals surface area (Å²) in [4.78, 5) is 0. The summed E-state index contributed by atoms with van der Waals surface area (Å²) < 4.78 is 23.2. The van der Waals surface area contributed by atoms with Gasteiger partial charge in [-0.2, -0.15) is 0 Å². The Morgan fingerprint density at radius 2 is 1.70 bits per heavy atom. The average Bonchev–Trinajstić information content (AvgIpc) is 2.47. The predicted octanol–water partition coefficient (Wildman–Crippen LogP) is 5.88. The zero-order valence-electron chi connectivity index (χ0n) is 12.8. The number of benzene rings is 1. The Balaban J connectivity index is 2.58. The molecular weight excluding hydrogens is 271 g/mol. The van der Waals surface area contributed by atoms with Crippen LogP contribution in [0.3, 0.4) is 0 Å². The maximum Gasteiger partial charge on any atom is 0.750 e. The van der Waals surface area contributed by atoms with E-state index in [1.54, 1.807) is 12.1 Å². The first-order valence-electron chi connectivity index (χ1n) is 7.55. The third-order valence-corrected chi connectivity index (χ3v) is 4.61. The lowest BCUT2D eigenvalue weighted by molar-refractivity contribution is 0.0468. The van der Waals surface area contributed by atoms with Crippen molar-refractivity contribution < 1.29 is 13.6 Å². The van der Waals surface area contributed by atoms with Crippen LogP contribution in [0, 0.1) is 0 Å². The lowest BCUT2D eigenvalue weighted by Gasteiger charge is -2.24. The van der Waals surface area contributed by atoms with Gasteiger partial charge >= 0.3 is 8.25 Å². The van der Waals surface area contributed by atoms with Gasteiger partial charge in [-0.3, -0.25) is 0 Å². The number of rotatable bonds is 10. The maximum absolute atomic E-state index is 12.1. The Bertz CT molecular complexity index is 388. The molecule has 0 saturated carbocycles. The van der Waals surface area contributed by atoms with Crippen LogP contribution in [0.25, 0.3) is 0 Å². The summed E-state index contributed by atoms with van der Waals surface area (Å²) in [6.07, 6.45) is 6.11. The molecule has 0 aliphatic rings. The molecule has 20 heavy (non-hydrogen) atoms. The zero-order chi connectivity index (χ0) is 14.8. The van der Waals surface area contributed by atoms with E-state index < -0.39 is 8.25 Å². The van der Waals surface area contributed by atoms with Crippen molar-refractivity contribution in [2.24, 2.45) is 0 Å². The Hall–Kier alpha value is -0.920. The van der Waals surface area contributed by atoms with Gasteiger partial charge in [0.15, 0.2) is 5.75 Å². The van der Waals surface area contributed by atoms with Crippen molar-refractivity contribution in [3.8, 4) is 5.75 Å². The standard InChI is InChI=1S/C16H26O3P/c1-4-7-11-14-16(5-2,6-3)19-20(17)18-15-12-9-8-10-13-15/h8-10,12-13H,4-7,11,14H2,1-3H3/q+1. The molecule has 0 bridgehead atoms. The summed E-state index contributed by atoms with van der Waals surface area (Å²) in [6.45, 7) is 6.35. The normalized spacial score (nSPS) is 12.2. The van der Waals surface area contributed by atoms with Crippen LogP contribution in [0.4, 0.5) is 0 Å². The number of unbranched alkanes of at least 4 members (excludes halogenated alkanes) is 2. The Labute approximate surface area is 123 Å². The predicted molar refractivity (Wildman–Crippen MR) is 83.2 cm³/mol. The van der Waals surface area contributed by atoms with Crippen LogP contribution in [0.1, 0.15) is 59.3 Å². The first kappa shape index (κ1) is 17.1. The van der Waals surface area contributed by atoms with E-state index in [2.05, 4.69) is 20.8 Å². The Morgan fingerprint density at radius 1 is 1.05 bits per heavy atom. The summed E-state index contributed by atoms with van der Waals surface area (Å²) in [5.74, 6) is 0.586. The molecular formula is C16H26O3P+. The molecule has 0 radical (unpaired) electrons. The molecule has 1 unspecified atom stereocenters. The molecule has 0 saturated heterocycles. The summed E-state index contributed by atoms with van der Waals surface area (Å²) in [5.41, 5.74) is -0.322. The lowest BCUT2D eigenvalue weighted by Crippen LogP contribution is -2.28. The molecule has 1 aromatic carbocycles. The minimum absolute atomic E-state index is 0.322. The van der Waals surface area contributed by atoms with Crippen molar-refractivity contribution in [3.05, 3.63) is 30.3 Å². The molecule has 112 valence electrons. The molecule has 0 aliphatic heterocycles. The quantitative estimate of drug-likeness (QED) is 0.399. The van der Waals surface area contributed by atoms with E-state index in [4.69, 9.17) is 9.05 Å². The van der Waals surface area contributed by atoms with Crippen LogP contribution in [0.5, 0.6) is 5.75 Å². The van der Waals surface area contributed by atoms with Gasteiger partial charge < -0.3 is 0 Å². The molecule has 1 atom stereocenters. The number of hydrogen-bond donors (Lipinski definition) is 0. The van der Waals surface area contributed by atoms with E-state index in [1.807, 2.05) is 18.2 Å². The molecule has 0 aromatic heterocycles. The smallest absolute Gasteiger partial charge is 0.229 e. The van der Waals surface area contributed by atoms with Crippen LogP contribution in [0.15, 0.2) is 30.3 Å². The van der Waals surface area contributed by atoms with Gasteiger partial charge in [0.05, 0.1) is 0 Å². The van der Waals surface area contributed by atoms with E-state index >= 15 is 0 Å². The molecule has 0 spiro atoms. The van der Waals surface area contributed by atoms with E-state index in [0.29, 0.717) is 5.75 Å². The van der Waals surface area contributed by atoms with Gasteiger partial charge in [-0.15, -0.1) is 4.52 Å². The second-order valence-electron chi connectivity index (χ2n) is 5.07. The Kier molecular flexibility index (Phi) is 7.79. The minimum atomic E-state index is -2.13. The fourth-order valence-corrected chi connectivity index (χ4v) is 3.22. The summed E-state index contributed by atoms with van der Waals surface area (Å²) in [5, 5.41) is 0. The fourth-order valence-electron chi connectivity index (χ4n) is 2.22. The van der Waals surface area contributed by atoms with Crippen molar-refractivity contribution in [2.45, 2.75) is 64.9 Å². The number of para-hydroxylation sites is 1. The largest absolute Gasteiger partial charge is 0.750 e. The van der Waals surface area contributed by atoms with E-state index in [1.165, 1.54) is 12.8 Å². The fraction of sp³-hybridized carbons (Fsp3) is 0.625. The van der Waals surface area contributed by atoms with Crippen molar-refractivity contribution in [2.75, 3.05) is 0 Å². The molecule has 0 heterocycles. The summed E-state index contributed by atoms with van der Waals surface area (Å²) in [7, 11) is -2.13. The summed E-state index contributed by atoms with van der Waals surface area (Å²) in [6, 6.07) is 9.17. The van der Waals surface area contributed by atoms with Crippen molar-refractivity contribution >= 4 is 8.25 Å². The second-order valence-corrected chi connectivity index (χ2v) is 5.88. The van der Waals surface area contributed by atoms with Crippen molar-refractivity contribution in [1.29, 1.82) is 0 Å². The zero-order valence-corrected chi connectivity index (χ0v) is 13.7. The SMILES string of the molecule is CCCCCC(CC)(CC)O[P+](=O)Oc1ccccc1. The molecule has 0 fully saturated rings. The van der Waals surface area contributed by atoms with Crippen LogP contribution >= 0.6 is 8.25 Å². The van der Waals surface area contributed by atoms with Crippen LogP contribution in [-0.4, -0.2) is 5.60 Å². The van der Waals surface area contributed by atoms with Gasteiger partial charge in [-0.25, -0.2) is 4.52 Å². The highest BCUT2D eigenvalue weighted by Gasteiger charge is 2.39. The van der Waals surface area contributed by atoms with Crippen molar-refractivity contribution in [1.82, 2.24) is 0 Å². The summed E-state index contributed by atoms with van der Waals surface area (Å²) >= 11 is 0. The van der Waals surface area contributed by atoms with Crippen LogP contribution in [-0.2, 0) is 9.09 Å². The van der Waals surface area contributed by atoms with Gasteiger partial charge in [0.25, 0.3) is 0 Å². The van der Waals surface area contributed by atoms with Crippen LogP contribution in [0.2, 0.25) is 0 Å². The third-order valence-electron chi connectivity index (χ3n) is 3.72. The highest BCUT2D eigenvalue weighted by molar-refractivity contribution is 7.33. The number of hydrogen-bond acceptors (Lipinski definition) is 3. The molecule has 0 aliphatic carbocycles. The van der Waals surface area contributed by atoms with Gasteiger partial charge in [0, 0.05) is 4.57 Å². The molecule has 1 aromatic rings. The van der Waals surface area contributed by atoms with Crippen LogP contribution < -0.4 is 4.52 Å². The molecule has 3 nitrogen and oxygen atoms in total. The van der Waals surface area contributed by atoms with Crippen molar-refractivity contribution in [3.63, 3.8) is 0 Å². The first-order valence-corrected chi connectivity index (χ1v) is 8.64. The highest BCUT2D eigenvalue weighted by Crippen LogP contribution is 2.39. The maximum atomic E-state index is 12.1. The van der Waals surface area contributed by atoms with E-state index in [0.717, 1.165) is 25.7 Å². The highest BCUT2D eigenvalue weighted by atomic mass is 31.1. The second kappa shape index (κ2) is 9.10. The van der Waals surface area contributed by atoms with E-state index in [-0.39, 0.29) is 5.60 Å². The topological polar surface area (TPSA) is 35.5 Å². The third kappa shape index (κ3) is 5.60. The van der Waals surface area contributed by atoms with E-state index in [9.17, 15) is 4.57 Å². The lowest BCUT2D eigenvalue weighted by atomic mass is 9.91. The monoisotopic (exact) mass is 297 g/mol. The first-order chi connectivity index (χ1) is 9.65. The molecule has 4 heteroatoms. The van der Waals surface area contributed by atoms with Gasteiger partial charge in [0.1, 0.15) is 5.60 Å². The molecule has 1 rings (SSSR count). The average molecular weight is 297 g/mol. The Morgan fingerprint density at radius 3 is 2.25 bits per heavy atom. The minimum Gasteiger partial charge on any atom is -0.229 e. The molecule has 0 N–H and O–H groups in total. The van der Waals surface area contributed by atoms with Gasteiger partial charge in [-0.1, -0.05) is 58.2 Å². The van der Waals surface area contributed by atoms with Gasteiger partial charge in [0.2, 0.25) is 0 Å². The molecule has 0 amide bonds.